The minimum absolute atomic E-state index is 0.721. The third kappa shape index (κ3) is 2.81. The summed E-state index contributed by atoms with van der Waals surface area (Å²) in [5, 5.41) is 1.70. The second-order valence-corrected chi connectivity index (χ2v) is 14.9. The van der Waals surface area contributed by atoms with Crippen LogP contribution in [0.5, 0.6) is 0 Å². The third-order valence-electron chi connectivity index (χ3n) is 6.84. The van der Waals surface area contributed by atoms with Crippen LogP contribution in [0.2, 0.25) is 13.1 Å². The zero-order valence-corrected chi connectivity index (χ0v) is 21.0. The molecule has 2 aromatic carbocycles. The summed E-state index contributed by atoms with van der Waals surface area (Å²) in [6, 6.07) is 21.7. The molecule has 0 fully saturated rings. The average Bonchev–Trinajstić information content (AvgIpc) is 3.39. The van der Waals surface area contributed by atoms with Crippen LogP contribution in [-0.4, -0.2) is 12.6 Å². The van der Waals surface area contributed by atoms with E-state index in [2.05, 4.69) is 104 Å². The zero-order valence-electron chi connectivity index (χ0n) is 17.5. The molecular weight excluding hydrogens is 446 g/mol. The molecule has 0 amide bonds. The van der Waals surface area contributed by atoms with Crippen LogP contribution in [0.1, 0.15) is 45.4 Å². The van der Waals surface area contributed by atoms with Crippen molar-refractivity contribution in [3.63, 3.8) is 0 Å². The Balaban J connectivity index is 0.000000142. The van der Waals surface area contributed by atoms with Crippen LogP contribution in [-0.2, 0) is 24.7 Å². The molecule has 2 aliphatic carbocycles. The number of allylic oxidation sites excluding steroid dienone is 2. The van der Waals surface area contributed by atoms with Gasteiger partial charge in [0.05, 0.1) is 8.07 Å². The summed E-state index contributed by atoms with van der Waals surface area (Å²) in [6.45, 7) is 9.57. The first kappa shape index (κ1) is 19.3. The molecule has 0 spiro atoms. The fraction of sp³-hybridized carbons (Fsp3) is 0.231. The quantitative estimate of drug-likeness (QED) is 0.342. The van der Waals surface area contributed by atoms with Crippen molar-refractivity contribution in [2.24, 2.45) is 0 Å². The first-order valence-corrected chi connectivity index (χ1v) is 14.9. The van der Waals surface area contributed by atoms with Gasteiger partial charge in [-0.1, -0.05) is 36.9 Å². The van der Waals surface area contributed by atoms with Crippen LogP contribution in [0.3, 0.4) is 0 Å². The Morgan fingerprint density at radius 3 is 2.24 bits per heavy atom. The molecule has 1 nitrogen and oxygen atoms in total. The Morgan fingerprint density at radius 2 is 1.55 bits per heavy atom. The molecule has 2 unspecified atom stereocenters. The number of rotatable bonds is 1. The van der Waals surface area contributed by atoms with Gasteiger partial charge in [-0.15, -0.1) is 0 Å². The third-order valence-corrected chi connectivity index (χ3v) is 12.8. The van der Waals surface area contributed by atoms with Crippen LogP contribution >= 0.6 is 0 Å². The van der Waals surface area contributed by atoms with Crippen molar-refractivity contribution in [1.82, 2.24) is 4.57 Å². The Bertz CT molecular complexity index is 1170. The number of fused-ring (bicyclic) bond motifs is 1. The minimum atomic E-state index is -1.17. The van der Waals surface area contributed by atoms with E-state index in [1.807, 2.05) is 0 Å². The van der Waals surface area contributed by atoms with Crippen molar-refractivity contribution < 1.29 is 24.7 Å². The van der Waals surface area contributed by atoms with Crippen LogP contribution < -0.4 is 0 Å². The number of aromatic nitrogens is 1. The Labute approximate surface area is 190 Å². The van der Waals surface area contributed by atoms with E-state index in [1.54, 1.807) is 41.1 Å². The van der Waals surface area contributed by atoms with E-state index >= 15 is 0 Å². The molecule has 3 heterocycles. The van der Waals surface area contributed by atoms with Gasteiger partial charge in [0.2, 0.25) is 0 Å². The van der Waals surface area contributed by atoms with E-state index in [1.165, 1.54) is 28.1 Å². The molecule has 0 saturated heterocycles. The van der Waals surface area contributed by atoms with Gasteiger partial charge in [0.25, 0.3) is 0 Å². The molecule has 1 aromatic heterocycles. The first-order chi connectivity index (χ1) is 13.9. The van der Waals surface area contributed by atoms with Gasteiger partial charge in [-0.25, -0.2) is 0 Å². The van der Waals surface area contributed by atoms with Crippen molar-refractivity contribution in [2.75, 3.05) is 0 Å². The summed E-state index contributed by atoms with van der Waals surface area (Å²) >= 11 is 1.60. The van der Waals surface area contributed by atoms with E-state index in [9.17, 15) is 0 Å². The molecule has 0 radical (unpaired) electrons. The molecule has 143 valence electrons. The van der Waals surface area contributed by atoms with Gasteiger partial charge in [0.1, 0.15) is 0 Å². The molecule has 0 N–H and O–H groups in total. The van der Waals surface area contributed by atoms with Gasteiger partial charge >= 0.3 is 82.3 Å². The topological polar surface area (TPSA) is 4.93 Å². The molecular formula is C26H26NSiZr. The Kier molecular flexibility index (Phi) is 4.60. The zero-order chi connectivity index (χ0) is 20.3. The summed E-state index contributed by atoms with van der Waals surface area (Å²) in [4.78, 5) is 0. The van der Waals surface area contributed by atoms with E-state index in [4.69, 9.17) is 0 Å². The van der Waals surface area contributed by atoms with E-state index in [-0.39, 0.29) is 0 Å². The molecule has 7 rings (SSSR count). The Morgan fingerprint density at radius 1 is 0.862 bits per heavy atom. The molecule has 4 aliphatic rings. The molecule has 2 aliphatic heterocycles. The number of hydrogen-bond acceptors (Lipinski definition) is 0. The maximum atomic E-state index is 2.51. The summed E-state index contributed by atoms with van der Waals surface area (Å²) in [5.74, 6) is 0. The molecule has 2 atom stereocenters. The van der Waals surface area contributed by atoms with E-state index in [0.29, 0.717) is 0 Å². The predicted octanol–water partition coefficient (Wildman–Crippen LogP) is 6.84. The fourth-order valence-electron chi connectivity index (χ4n) is 5.60. The van der Waals surface area contributed by atoms with Gasteiger partial charge in [-0.3, -0.25) is 0 Å². The summed E-state index contributed by atoms with van der Waals surface area (Å²) in [7, 11) is -1.17. The standard InChI is InChI=1S/C16H17NSi.C10H9.Zr/c1-11-15-13-9-10-17(12-7-5-4-6-8-12)14(13)16(11)18(15,2)3;1-8-6-9-4-2-3-5-10(9)7-8;/h4-10,15H,1-3H3;2-7H,1H3;. The summed E-state index contributed by atoms with van der Waals surface area (Å²) < 4.78 is 3.11. The van der Waals surface area contributed by atoms with Crippen molar-refractivity contribution in [3.05, 3.63) is 100 Å². The summed E-state index contributed by atoms with van der Waals surface area (Å²) in [6.07, 6.45) is 4.54. The molecule has 29 heavy (non-hydrogen) atoms. The molecule has 3 aromatic rings. The van der Waals surface area contributed by atoms with Crippen molar-refractivity contribution >= 4 is 19.3 Å². The Hall–Kier alpha value is -1.70. The SMILES string of the molecule is CC1=C2c3c(ccn3-c3ccccc3)C1[Si]2(C)C.CC1=Cc2ccccc2[CH]1[Zr]. The van der Waals surface area contributed by atoms with Crippen LogP contribution in [0, 0.1) is 0 Å². The van der Waals surface area contributed by atoms with Gasteiger partial charge < -0.3 is 4.57 Å². The van der Waals surface area contributed by atoms with Crippen molar-refractivity contribution in [1.29, 1.82) is 0 Å². The second kappa shape index (κ2) is 6.93. The molecule has 2 bridgehead atoms. The number of hydrogen-bond donors (Lipinski definition) is 0. The predicted molar refractivity (Wildman–Crippen MR) is 121 cm³/mol. The monoisotopic (exact) mass is 470 g/mol. The normalized spacial score (nSPS) is 22.2. The van der Waals surface area contributed by atoms with E-state index < -0.39 is 8.07 Å². The van der Waals surface area contributed by atoms with Crippen molar-refractivity contribution in [3.8, 4) is 5.69 Å². The fourth-order valence-corrected chi connectivity index (χ4v) is 10.8. The first-order valence-electron chi connectivity index (χ1n) is 10.4. The van der Waals surface area contributed by atoms with Crippen LogP contribution in [0.4, 0.5) is 0 Å². The van der Waals surface area contributed by atoms with Gasteiger partial charge in [0.15, 0.2) is 0 Å². The molecule has 0 saturated carbocycles. The van der Waals surface area contributed by atoms with Crippen molar-refractivity contribution in [2.45, 2.75) is 36.1 Å². The van der Waals surface area contributed by atoms with Gasteiger partial charge in [0, 0.05) is 23.1 Å². The number of benzene rings is 2. The van der Waals surface area contributed by atoms with Crippen LogP contribution in [0.25, 0.3) is 17.0 Å². The van der Waals surface area contributed by atoms with Crippen LogP contribution in [0.15, 0.2) is 78.0 Å². The molecule has 3 heteroatoms. The maximum absolute atomic E-state index is 2.51. The number of para-hydroxylation sites is 1. The second-order valence-electron chi connectivity index (χ2n) is 8.99. The van der Waals surface area contributed by atoms with Gasteiger partial charge in [-0.05, 0) is 35.9 Å². The number of nitrogens with zero attached hydrogens (tertiary/aromatic N) is 1. The summed E-state index contributed by atoms with van der Waals surface area (Å²) in [5.41, 5.74) is 11.3. The van der Waals surface area contributed by atoms with Gasteiger partial charge in [-0.2, -0.15) is 0 Å². The van der Waals surface area contributed by atoms with E-state index in [0.717, 1.165) is 9.17 Å². The average molecular weight is 472 g/mol.